The van der Waals surface area contributed by atoms with Crippen molar-refractivity contribution in [3.05, 3.63) is 71.9 Å². The van der Waals surface area contributed by atoms with E-state index in [0.717, 1.165) is 11.1 Å². The van der Waals surface area contributed by atoms with Crippen molar-refractivity contribution >= 4 is 23.8 Å². The molecular weight excluding hydrogens is 480 g/mol. The van der Waals surface area contributed by atoms with E-state index in [2.05, 4.69) is 16.0 Å². The van der Waals surface area contributed by atoms with Crippen LogP contribution in [0.5, 0.6) is 5.75 Å². The first kappa shape index (κ1) is 28.9. The molecule has 0 saturated carbocycles. The van der Waals surface area contributed by atoms with Gasteiger partial charge in [-0.1, -0.05) is 70.2 Å². The number of ether oxygens (including phenoxy) is 1. The molecule has 3 amide bonds. The predicted molar refractivity (Wildman–Crippen MR) is 149 cm³/mol. The smallest absolute Gasteiger partial charge is 0.247 e. The van der Waals surface area contributed by atoms with Crippen molar-refractivity contribution in [2.75, 3.05) is 14.1 Å². The molecule has 4 rings (SSSR count). The van der Waals surface area contributed by atoms with Crippen LogP contribution in [0, 0.1) is 11.8 Å². The van der Waals surface area contributed by atoms with Gasteiger partial charge < -0.3 is 20.7 Å². The van der Waals surface area contributed by atoms with Gasteiger partial charge in [-0.3, -0.25) is 19.3 Å². The molecule has 2 bridgehead atoms. The van der Waals surface area contributed by atoms with E-state index >= 15 is 0 Å². The van der Waals surface area contributed by atoms with Gasteiger partial charge in [0, 0.05) is 6.20 Å². The zero-order valence-corrected chi connectivity index (χ0v) is 23.1. The van der Waals surface area contributed by atoms with Gasteiger partial charge in [0.1, 0.15) is 17.8 Å². The number of amides is 3. The average molecular weight is 521 g/mol. The molecule has 0 radical (unpaired) electrons. The number of nitrogens with one attached hydrogen (secondary N) is 3. The molecule has 2 aliphatic rings. The lowest BCUT2D eigenvalue weighted by atomic mass is 9.97. The van der Waals surface area contributed by atoms with Gasteiger partial charge in [-0.15, -0.1) is 0 Å². The van der Waals surface area contributed by atoms with Crippen LogP contribution in [0.3, 0.4) is 0 Å². The molecule has 2 heterocycles. The summed E-state index contributed by atoms with van der Waals surface area (Å²) >= 11 is 0. The van der Waals surface area contributed by atoms with Gasteiger partial charge in [0.05, 0.1) is 6.04 Å². The van der Waals surface area contributed by atoms with Crippen LogP contribution >= 0.6 is 0 Å². The molecule has 2 aromatic rings. The van der Waals surface area contributed by atoms with Crippen molar-refractivity contribution < 1.29 is 19.1 Å². The lowest BCUT2D eigenvalue weighted by molar-refractivity contribution is -0.136. The molecule has 2 aliphatic heterocycles. The van der Waals surface area contributed by atoms with Crippen molar-refractivity contribution in [2.45, 2.75) is 58.3 Å². The number of rotatable bonds is 7. The highest BCUT2D eigenvalue weighted by atomic mass is 16.5. The quantitative estimate of drug-likeness (QED) is 0.519. The third kappa shape index (κ3) is 7.68. The first-order valence-electron chi connectivity index (χ1n) is 13.1. The Morgan fingerprint density at radius 1 is 0.974 bits per heavy atom. The van der Waals surface area contributed by atoms with Crippen molar-refractivity contribution in [1.82, 2.24) is 20.9 Å². The molecule has 0 saturated heterocycles. The van der Waals surface area contributed by atoms with E-state index in [0.29, 0.717) is 12.2 Å². The number of hydrogen-bond acceptors (Lipinski definition) is 5. The van der Waals surface area contributed by atoms with Crippen LogP contribution in [0.2, 0.25) is 0 Å². The first-order chi connectivity index (χ1) is 18.1. The van der Waals surface area contributed by atoms with Gasteiger partial charge in [0.15, 0.2) is 6.10 Å². The normalized spacial score (nSPS) is 21.9. The number of fused-ring (bicyclic) bond motifs is 10. The fourth-order valence-corrected chi connectivity index (χ4v) is 4.71. The molecule has 0 aliphatic carbocycles. The van der Waals surface area contributed by atoms with Gasteiger partial charge in [-0.05, 0) is 61.7 Å². The zero-order chi connectivity index (χ0) is 27.8. The third-order valence-corrected chi connectivity index (χ3v) is 6.45. The highest BCUT2D eigenvalue weighted by molar-refractivity contribution is 5.94. The Bertz CT molecular complexity index is 1100. The predicted octanol–water partition coefficient (Wildman–Crippen LogP) is 3.51. The molecule has 0 fully saturated rings. The summed E-state index contributed by atoms with van der Waals surface area (Å²) in [7, 11) is 3.67. The molecule has 4 atom stereocenters. The largest absolute Gasteiger partial charge is 0.483 e. The highest BCUT2D eigenvalue weighted by Gasteiger charge is 2.37. The van der Waals surface area contributed by atoms with Gasteiger partial charge in [0.25, 0.3) is 0 Å². The van der Waals surface area contributed by atoms with Crippen molar-refractivity contribution in [1.29, 1.82) is 0 Å². The van der Waals surface area contributed by atoms with Crippen LogP contribution in [-0.2, 0) is 14.4 Å². The van der Waals surface area contributed by atoms with Crippen LogP contribution in [0.25, 0.3) is 6.08 Å². The Hall–Kier alpha value is -3.65. The van der Waals surface area contributed by atoms with Gasteiger partial charge >= 0.3 is 0 Å². The maximum atomic E-state index is 13.9. The number of likely N-dealkylation sites (N-methyl/N-ethyl adjacent to an activating group) is 1. The molecule has 8 nitrogen and oxygen atoms in total. The van der Waals surface area contributed by atoms with Crippen molar-refractivity contribution in [3.63, 3.8) is 0 Å². The molecule has 0 spiro atoms. The Balaban J connectivity index is 2.11. The Morgan fingerprint density at radius 2 is 1.63 bits per heavy atom. The minimum absolute atomic E-state index is 0.00135. The summed E-state index contributed by atoms with van der Waals surface area (Å²) in [5.74, 6) is -0.412. The fraction of sp³-hybridized carbons (Fsp3) is 0.433. The summed E-state index contributed by atoms with van der Waals surface area (Å²) in [6, 6.07) is 14.3. The minimum atomic E-state index is -1.10. The Labute approximate surface area is 225 Å². The molecule has 3 N–H and O–H groups in total. The zero-order valence-electron chi connectivity index (χ0n) is 23.1. The van der Waals surface area contributed by atoms with Crippen LogP contribution in [0.1, 0.15) is 51.3 Å². The molecule has 8 heteroatoms. The number of carbonyl (C=O) groups is 3. The third-order valence-electron chi connectivity index (χ3n) is 6.45. The minimum Gasteiger partial charge on any atom is -0.483 e. The average Bonchev–Trinajstić information content (AvgIpc) is 2.85. The summed E-state index contributed by atoms with van der Waals surface area (Å²) in [6.07, 6.45) is 2.94. The summed E-state index contributed by atoms with van der Waals surface area (Å²) in [5.41, 5.74) is 1.60. The molecule has 2 aromatic carbocycles. The van der Waals surface area contributed by atoms with Crippen LogP contribution in [0.15, 0.2) is 60.8 Å². The number of benzene rings is 2. The molecular formula is C30H40N4O4. The second-order valence-electron chi connectivity index (χ2n) is 10.7. The summed E-state index contributed by atoms with van der Waals surface area (Å²) in [4.78, 5) is 42.4. The van der Waals surface area contributed by atoms with Crippen LogP contribution < -0.4 is 20.7 Å². The topological polar surface area (TPSA) is 99.8 Å². The van der Waals surface area contributed by atoms with Gasteiger partial charge in [-0.25, -0.2) is 0 Å². The van der Waals surface area contributed by atoms with E-state index in [9.17, 15) is 14.4 Å². The highest BCUT2D eigenvalue weighted by Crippen LogP contribution is 2.27. The van der Waals surface area contributed by atoms with E-state index in [4.69, 9.17) is 4.74 Å². The SMILES string of the molecule is CC(C)C[C@H]1NC(=O)[C@H](NC(=O)[C@H](C(C)C)N(C)C)[C@H](c2ccccc2)Oc2ccc(cc2)/C=C\NC1=O. The number of nitrogens with zero attached hydrogens (tertiary/aromatic N) is 1. The fourth-order valence-electron chi connectivity index (χ4n) is 4.71. The lowest BCUT2D eigenvalue weighted by Crippen LogP contribution is -2.59. The van der Waals surface area contributed by atoms with Crippen LogP contribution in [0.4, 0.5) is 0 Å². The first-order valence-corrected chi connectivity index (χ1v) is 13.1. The molecule has 38 heavy (non-hydrogen) atoms. The second-order valence-corrected chi connectivity index (χ2v) is 10.7. The van der Waals surface area contributed by atoms with Crippen LogP contribution in [-0.4, -0.2) is 54.8 Å². The summed E-state index contributed by atoms with van der Waals surface area (Å²) in [5, 5.41) is 8.67. The van der Waals surface area contributed by atoms with E-state index in [1.807, 2.05) is 89.2 Å². The standard InChI is InChI=1S/C30H40N4O4/c1-19(2)18-24-28(35)31-17-16-21-12-14-23(15-13-21)38-27(22-10-8-7-9-11-22)25(29(36)32-24)33-30(37)26(20(3)4)34(5)6/h7-17,19-20,24-27H,18H2,1-6H3,(H,31,35)(H,32,36)(H,33,37)/b17-16-/t24-,25-,26+,27+/m1/s1. The lowest BCUT2D eigenvalue weighted by Gasteiger charge is -2.33. The molecule has 0 unspecified atom stereocenters. The van der Waals surface area contributed by atoms with E-state index in [-0.39, 0.29) is 23.7 Å². The second kappa shape index (κ2) is 13.2. The number of carbonyl (C=O) groups excluding carboxylic acids is 3. The van der Waals surface area contributed by atoms with Crippen molar-refractivity contribution in [2.24, 2.45) is 11.8 Å². The van der Waals surface area contributed by atoms with E-state index < -0.39 is 30.1 Å². The summed E-state index contributed by atoms with van der Waals surface area (Å²) < 4.78 is 6.41. The maximum Gasteiger partial charge on any atom is 0.247 e. The maximum absolute atomic E-state index is 13.9. The van der Waals surface area contributed by atoms with E-state index in [1.165, 1.54) is 0 Å². The molecule has 0 aromatic heterocycles. The van der Waals surface area contributed by atoms with Crippen molar-refractivity contribution in [3.8, 4) is 5.75 Å². The molecule has 204 valence electrons. The Kier molecular flexibility index (Phi) is 10.1. The summed E-state index contributed by atoms with van der Waals surface area (Å²) in [6.45, 7) is 7.89. The van der Waals surface area contributed by atoms with Gasteiger partial charge in [0.2, 0.25) is 17.7 Å². The monoisotopic (exact) mass is 520 g/mol. The van der Waals surface area contributed by atoms with E-state index in [1.54, 1.807) is 24.4 Å². The van der Waals surface area contributed by atoms with Gasteiger partial charge in [-0.2, -0.15) is 0 Å². The number of hydrogen-bond donors (Lipinski definition) is 3. The Morgan fingerprint density at radius 3 is 2.21 bits per heavy atom.